The Morgan fingerprint density at radius 3 is 2.57 bits per heavy atom. The maximum Gasteiger partial charge on any atom is 0.0889 e. The van der Waals surface area contributed by atoms with Crippen LogP contribution in [0.3, 0.4) is 0 Å². The van der Waals surface area contributed by atoms with E-state index >= 15 is 0 Å². The van der Waals surface area contributed by atoms with Crippen LogP contribution in [0.1, 0.15) is 26.3 Å². The molecule has 0 atom stereocenters. The van der Waals surface area contributed by atoms with Gasteiger partial charge in [0.15, 0.2) is 0 Å². The number of hydrogen-bond acceptors (Lipinski definition) is 2. The fourth-order valence-electron chi connectivity index (χ4n) is 1.36. The highest BCUT2D eigenvalue weighted by molar-refractivity contribution is 5.74. The average Bonchev–Trinajstić information content (AvgIpc) is 2.16. The van der Waals surface area contributed by atoms with Crippen LogP contribution in [0.25, 0.3) is 11.0 Å². The van der Waals surface area contributed by atoms with Gasteiger partial charge in [-0.25, -0.2) is 0 Å². The van der Waals surface area contributed by atoms with Crippen LogP contribution < -0.4 is 0 Å². The molecule has 0 saturated carbocycles. The Balaban J connectivity index is 2.63. The van der Waals surface area contributed by atoms with Crippen molar-refractivity contribution in [3.05, 3.63) is 36.2 Å². The smallest absolute Gasteiger partial charge is 0.0889 e. The monoisotopic (exact) mass is 186 g/mol. The van der Waals surface area contributed by atoms with Crippen molar-refractivity contribution >= 4 is 11.0 Å². The quantitative estimate of drug-likeness (QED) is 0.632. The number of aromatic nitrogens is 2. The van der Waals surface area contributed by atoms with Crippen LogP contribution >= 0.6 is 0 Å². The van der Waals surface area contributed by atoms with Gasteiger partial charge < -0.3 is 0 Å². The summed E-state index contributed by atoms with van der Waals surface area (Å²) in [6.07, 6.45) is 3.74. The lowest BCUT2D eigenvalue weighted by atomic mass is 9.88. The molecular formula is C12H14N2. The largest absolute Gasteiger partial charge is 0.255 e. The molecule has 0 fully saturated rings. The van der Waals surface area contributed by atoms with E-state index in [0.29, 0.717) is 0 Å². The lowest BCUT2D eigenvalue weighted by Gasteiger charge is -2.18. The van der Waals surface area contributed by atoms with E-state index in [4.69, 9.17) is 0 Å². The number of nitrogens with zero attached hydrogens (tertiary/aromatic N) is 2. The van der Waals surface area contributed by atoms with Crippen LogP contribution in [0, 0.1) is 0 Å². The van der Waals surface area contributed by atoms with Gasteiger partial charge in [0, 0.05) is 12.4 Å². The Bertz CT molecular complexity index is 455. The van der Waals surface area contributed by atoms with E-state index in [-0.39, 0.29) is 5.41 Å². The minimum Gasteiger partial charge on any atom is -0.255 e. The zero-order chi connectivity index (χ0) is 10.2. The van der Waals surface area contributed by atoms with Gasteiger partial charge in [-0.05, 0) is 29.2 Å². The first-order valence-electron chi connectivity index (χ1n) is 4.78. The van der Waals surface area contributed by atoms with Crippen molar-refractivity contribution in [2.75, 3.05) is 0 Å². The Morgan fingerprint density at radius 1 is 1.07 bits per heavy atom. The molecule has 0 aliphatic carbocycles. The summed E-state index contributed by atoms with van der Waals surface area (Å²) in [6.45, 7) is 6.54. The molecule has 2 aromatic rings. The SMILES string of the molecule is CC(C)(C)c1cnc2cccnc2c1. The predicted molar refractivity (Wildman–Crippen MR) is 58.2 cm³/mol. The van der Waals surface area contributed by atoms with Gasteiger partial charge in [0.25, 0.3) is 0 Å². The van der Waals surface area contributed by atoms with Crippen molar-refractivity contribution in [2.45, 2.75) is 26.2 Å². The van der Waals surface area contributed by atoms with Crippen LogP contribution in [0.4, 0.5) is 0 Å². The molecule has 72 valence electrons. The zero-order valence-corrected chi connectivity index (χ0v) is 8.78. The van der Waals surface area contributed by atoms with Gasteiger partial charge in [-0.2, -0.15) is 0 Å². The summed E-state index contributed by atoms with van der Waals surface area (Å²) in [4.78, 5) is 8.68. The Labute approximate surface area is 84.0 Å². The summed E-state index contributed by atoms with van der Waals surface area (Å²) in [6, 6.07) is 6.00. The molecule has 0 spiro atoms. The molecule has 2 aromatic heterocycles. The third-order valence-corrected chi connectivity index (χ3v) is 2.32. The molecule has 2 rings (SSSR count). The Morgan fingerprint density at radius 2 is 1.86 bits per heavy atom. The van der Waals surface area contributed by atoms with E-state index in [9.17, 15) is 0 Å². The van der Waals surface area contributed by atoms with Crippen molar-refractivity contribution in [2.24, 2.45) is 0 Å². The molecular weight excluding hydrogens is 172 g/mol. The molecule has 0 N–H and O–H groups in total. The van der Waals surface area contributed by atoms with Crippen LogP contribution in [-0.4, -0.2) is 9.97 Å². The topological polar surface area (TPSA) is 25.8 Å². The second kappa shape index (κ2) is 3.05. The molecule has 0 saturated heterocycles. The van der Waals surface area contributed by atoms with Crippen LogP contribution in [-0.2, 0) is 5.41 Å². The normalized spacial score (nSPS) is 11.9. The van der Waals surface area contributed by atoms with Crippen molar-refractivity contribution in [1.82, 2.24) is 9.97 Å². The van der Waals surface area contributed by atoms with E-state index < -0.39 is 0 Å². The lowest BCUT2D eigenvalue weighted by Crippen LogP contribution is -2.11. The van der Waals surface area contributed by atoms with E-state index in [2.05, 4.69) is 36.8 Å². The van der Waals surface area contributed by atoms with Crippen molar-refractivity contribution in [3.8, 4) is 0 Å². The van der Waals surface area contributed by atoms with Gasteiger partial charge >= 0.3 is 0 Å². The molecule has 0 aromatic carbocycles. The summed E-state index contributed by atoms with van der Waals surface area (Å²) < 4.78 is 0. The van der Waals surface area contributed by atoms with Crippen LogP contribution in [0.2, 0.25) is 0 Å². The maximum atomic E-state index is 4.39. The molecule has 0 unspecified atom stereocenters. The molecule has 14 heavy (non-hydrogen) atoms. The highest BCUT2D eigenvalue weighted by Gasteiger charge is 2.14. The molecule has 2 heterocycles. The summed E-state index contributed by atoms with van der Waals surface area (Å²) in [5.74, 6) is 0. The Kier molecular flexibility index (Phi) is 1.99. The van der Waals surface area contributed by atoms with E-state index in [0.717, 1.165) is 11.0 Å². The highest BCUT2D eigenvalue weighted by Crippen LogP contribution is 2.23. The third kappa shape index (κ3) is 1.60. The van der Waals surface area contributed by atoms with Crippen molar-refractivity contribution < 1.29 is 0 Å². The van der Waals surface area contributed by atoms with E-state index in [1.807, 2.05) is 18.3 Å². The molecule has 0 bridgehead atoms. The second-order valence-electron chi connectivity index (χ2n) is 4.52. The fraction of sp³-hybridized carbons (Fsp3) is 0.333. The number of pyridine rings is 2. The van der Waals surface area contributed by atoms with Crippen molar-refractivity contribution in [3.63, 3.8) is 0 Å². The van der Waals surface area contributed by atoms with Gasteiger partial charge in [-0.15, -0.1) is 0 Å². The lowest BCUT2D eigenvalue weighted by molar-refractivity contribution is 0.588. The number of rotatable bonds is 0. The van der Waals surface area contributed by atoms with Gasteiger partial charge in [0.2, 0.25) is 0 Å². The van der Waals surface area contributed by atoms with E-state index in [1.54, 1.807) is 6.20 Å². The minimum absolute atomic E-state index is 0.138. The summed E-state index contributed by atoms with van der Waals surface area (Å²) in [5, 5.41) is 0. The fourth-order valence-corrected chi connectivity index (χ4v) is 1.36. The van der Waals surface area contributed by atoms with Crippen molar-refractivity contribution in [1.29, 1.82) is 0 Å². The standard InChI is InChI=1S/C12H14N2/c1-12(2,3)9-7-11-10(14-8-9)5-4-6-13-11/h4-8H,1-3H3. The van der Waals surface area contributed by atoms with Crippen LogP contribution in [0.15, 0.2) is 30.6 Å². The van der Waals surface area contributed by atoms with Gasteiger partial charge in [-0.3, -0.25) is 9.97 Å². The number of fused-ring (bicyclic) bond motifs is 1. The minimum atomic E-state index is 0.138. The molecule has 0 aliphatic heterocycles. The summed E-state index contributed by atoms with van der Waals surface area (Å²) >= 11 is 0. The molecule has 0 amide bonds. The molecule has 0 aliphatic rings. The molecule has 0 radical (unpaired) electrons. The van der Waals surface area contributed by atoms with Gasteiger partial charge in [0.1, 0.15) is 0 Å². The summed E-state index contributed by atoms with van der Waals surface area (Å²) in [7, 11) is 0. The molecule has 2 heteroatoms. The molecule has 2 nitrogen and oxygen atoms in total. The third-order valence-electron chi connectivity index (χ3n) is 2.32. The predicted octanol–water partition coefficient (Wildman–Crippen LogP) is 2.93. The van der Waals surface area contributed by atoms with E-state index in [1.165, 1.54) is 5.56 Å². The maximum absolute atomic E-state index is 4.39. The summed E-state index contributed by atoms with van der Waals surface area (Å²) in [5.41, 5.74) is 3.29. The average molecular weight is 186 g/mol. The number of hydrogen-bond donors (Lipinski definition) is 0. The first kappa shape index (κ1) is 9.13. The second-order valence-corrected chi connectivity index (χ2v) is 4.52. The van der Waals surface area contributed by atoms with Crippen LogP contribution in [0.5, 0.6) is 0 Å². The van der Waals surface area contributed by atoms with Gasteiger partial charge in [0.05, 0.1) is 11.0 Å². The van der Waals surface area contributed by atoms with Gasteiger partial charge in [-0.1, -0.05) is 20.8 Å². The first-order valence-corrected chi connectivity index (χ1v) is 4.78. The Hall–Kier alpha value is -1.44. The zero-order valence-electron chi connectivity index (χ0n) is 8.78. The first-order chi connectivity index (χ1) is 6.57. The highest BCUT2D eigenvalue weighted by atomic mass is 14.7.